The number of hydrogen-bond acceptors (Lipinski definition) is 2. The van der Waals surface area contributed by atoms with Gasteiger partial charge in [0.2, 0.25) is 0 Å². The Bertz CT molecular complexity index is 701. The van der Waals surface area contributed by atoms with E-state index in [1.807, 2.05) is 6.08 Å². The molecule has 0 aromatic heterocycles. The van der Waals surface area contributed by atoms with E-state index in [1.165, 1.54) is 29.6 Å². The Morgan fingerprint density at radius 2 is 2.00 bits per heavy atom. The van der Waals surface area contributed by atoms with E-state index < -0.39 is 0 Å². The first-order valence-electron chi connectivity index (χ1n) is 10.2. The Hall–Kier alpha value is -1.15. The molecule has 0 unspecified atom stereocenters. The molecule has 0 aromatic rings. The van der Waals surface area contributed by atoms with E-state index in [2.05, 4.69) is 20.1 Å². The maximum Gasteiger partial charge on any atom is 0.155 e. The minimum absolute atomic E-state index is 0.0930. The Morgan fingerprint density at radius 1 is 1.16 bits per heavy atom. The lowest BCUT2D eigenvalue weighted by molar-refractivity contribution is -0.116. The maximum absolute atomic E-state index is 11.9. The molecule has 0 amide bonds. The highest BCUT2D eigenvalue weighted by Gasteiger charge is 2.66. The van der Waals surface area contributed by atoms with Crippen LogP contribution >= 0.6 is 0 Å². The summed E-state index contributed by atoms with van der Waals surface area (Å²) in [7, 11) is 0. The molecule has 1 saturated heterocycles. The summed E-state index contributed by atoms with van der Waals surface area (Å²) in [5.41, 5.74) is 4.27. The van der Waals surface area contributed by atoms with Gasteiger partial charge in [-0.2, -0.15) is 0 Å². The first kappa shape index (κ1) is 16.1. The number of carbonyl (C=O) groups is 1. The van der Waals surface area contributed by atoms with E-state index in [-0.39, 0.29) is 11.0 Å². The van der Waals surface area contributed by atoms with Gasteiger partial charge in [0.25, 0.3) is 0 Å². The third kappa shape index (κ3) is 1.92. The van der Waals surface area contributed by atoms with Crippen LogP contribution in [-0.2, 0) is 9.53 Å². The van der Waals surface area contributed by atoms with Crippen molar-refractivity contribution < 1.29 is 9.53 Å². The number of rotatable bonds is 0. The fraction of sp³-hybridized carbons (Fsp3) is 0.696. The summed E-state index contributed by atoms with van der Waals surface area (Å²) in [4.78, 5) is 11.9. The van der Waals surface area contributed by atoms with Gasteiger partial charge in [0, 0.05) is 11.8 Å². The molecule has 3 saturated carbocycles. The van der Waals surface area contributed by atoms with E-state index in [0.29, 0.717) is 17.6 Å². The fourth-order valence-corrected chi connectivity index (χ4v) is 7.67. The van der Waals surface area contributed by atoms with Crippen molar-refractivity contribution in [2.75, 3.05) is 6.61 Å². The van der Waals surface area contributed by atoms with Crippen molar-refractivity contribution in [3.63, 3.8) is 0 Å². The quantitative estimate of drug-likeness (QED) is 0.580. The lowest BCUT2D eigenvalue weighted by Crippen LogP contribution is -2.53. The van der Waals surface area contributed by atoms with E-state index in [4.69, 9.17) is 4.74 Å². The van der Waals surface area contributed by atoms with Crippen LogP contribution in [0.3, 0.4) is 0 Å². The molecule has 0 aromatic carbocycles. The highest BCUT2D eigenvalue weighted by Crippen LogP contribution is 2.69. The summed E-state index contributed by atoms with van der Waals surface area (Å²) >= 11 is 0. The van der Waals surface area contributed by atoms with E-state index in [1.54, 1.807) is 0 Å². The Balaban J connectivity index is 1.53. The molecule has 2 heteroatoms. The Morgan fingerprint density at radius 3 is 2.76 bits per heavy atom. The molecular formula is C23H30O2. The van der Waals surface area contributed by atoms with Crippen LogP contribution in [0.1, 0.15) is 58.3 Å². The van der Waals surface area contributed by atoms with Crippen molar-refractivity contribution in [2.45, 2.75) is 63.9 Å². The number of carbonyl (C=O) groups excluding carboxylic acids is 1. The van der Waals surface area contributed by atoms with Gasteiger partial charge in [0.1, 0.15) is 0 Å². The van der Waals surface area contributed by atoms with Crippen molar-refractivity contribution in [2.24, 2.45) is 29.1 Å². The topological polar surface area (TPSA) is 26.3 Å². The van der Waals surface area contributed by atoms with Crippen molar-refractivity contribution >= 4 is 5.78 Å². The molecule has 0 radical (unpaired) electrons. The van der Waals surface area contributed by atoms with Gasteiger partial charge in [0.15, 0.2) is 5.78 Å². The average molecular weight is 338 g/mol. The van der Waals surface area contributed by atoms with Crippen LogP contribution < -0.4 is 0 Å². The summed E-state index contributed by atoms with van der Waals surface area (Å²) in [5, 5.41) is 0. The number of ether oxygens (including phenoxy) is 1. The molecule has 0 bridgehead atoms. The molecule has 4 fully saturated rings. The number of ketones is 1. The minimum atomic E-state index is -0.0930. The average Bonchev–Trinajstić information content (AvgIpc) is 3.09. The van der Waals surface area contributed by atoms with Crippen LogP contribution in [0.15, 0.2) is 36.0 Å². The normalized spacial score (nSPS) is 49.0. The third-order valence-electron chi connectivity index (χ3n) is 8.64. The summed E-state index contributed by atoms with van der Waals surface area (Å²) in [5.74, 6) is 2.95. The zero-order valence-corrected chi connectivity index (χ0v) is 15.5. The molecule has 134 valence electrons. The van der Waals surface area contributed by atoms with Crippen LogP contribution in [0.25, 0.3) is 0 Å². The third-order valence-corrected chi connectivity index (χ3v) is 8.64. The first-order chi connectivity index (χ1) is 12.0. The largest absolute Gasteiger partial charge is 0.370 e. The van der Waals surface area contributed by atoms with Gasteiger partial charge < -0.3 is 4.74 Å². The van der Waals surface area contributed by atoms with Gasteiger partial charge in [-0.3, -0.25) is 4.79 Å². The van der Waals surface area contributed by atoms with Crippen LogP contribution in [0.5, 0.6) is 0 Å². The van der Waals surface area contributed by atoms with Crippen molar-refractivity contribution in [1.29, 1.82) is 0 Å². The molecule has 1 aliphatic heterocycles. The molecule has 0 N–H and O–H groups in total. The Labute approximate surface area is 151 Å². The van der Waals surface area contributed by atoms with Crippen LogP contribution in [0.2, 0.25) is 0 Å². The van der Waals surface area contributed by atoms with Crippen molar-refractivity contribution in [3.05, 3.63) is 36.0 Å². The second-order valence-electron chi connectivity index (χ2n) is 9.49. The lowest BCUT2D eigenvalue weighted by Gasteiger charge is -2.57. The second kappa shape index (κ2) is 5.19. The second-order valence-corrected chi connectivity index (χ2v) is 9.49. The van der Waals surface area contributed by atoms with Gasteiger partial charge in [-0.1, -0.05) is 31.2 Å². The maximum atomic E-state index is 11.9. The van der Waals surface area contributed by atoms with Crippen molar-refractivity contribution in [3.8, 4) is 0 Å². The van der Waals surface area contributed by atoms with E-state index >= 15 is 0 Å². The first-order valence-corrected chi connectivity index (χ1v) is 10.2. The molecule has 2 nitrogen and oxygen atoms in total. The number of allylic oxidation sites excluding steroid dienone is 2. The predicted molar refractivity (Wildman–Crippen MR) is 99.1 cm³/mol. The molecule has 5 rings (SSSR count). The smallest absolute Gasteiger partial charge is 0.155 e. The van der Waals surface area contributed by atoms with E-state index in [9.17, 15) is 4.79 Å². The van der Waals surface area contributed by atoms with Gasteiger partial charge in [0.05, 0.1) is 12.2 Å². The van der Waals surface area contributed by atoms with Gasteiger partial charge in [-0.05, 0) is 80.3 Å². The van der Waals surface area contributed by atoms with Crippen LogP contribution in [0, 0.1) is 29.1 Å². The van der Waals surface area contributed by atoms with Crippen LogP contribution in [0.4, 0.5) is 0 Å². The zero-order chi connectivity index (χ0) is 17.4. The minimum Gasteiger partial charge on any atom is -0.370 e. The summed E-state index contributed by atoms with van der Waals surface area (Å²) in [6.07, 6.45) is 10.6. The zero-order valence-electron chi connectivity index (χ0n) is 15.5. The summed E-state index contributed by atoms with van der Waals surface area (Å²) in [6.45, 7) is 12.3. The SMILES string of the molecule is C=C1C[C@@]2(C)[C@@H](CC[C@@]23OCCC3=C)[C@@H]2CCC3=CC(=O)CC[C@@H]3[C@@H]12. The number of hydrogen-bond donors (Lipinski definition) is 0. The van der Waals surface area contributed by atoms with Crippen LogP contribution in [-0.4, -0.2) is 18.0 Å². The van der Waals surface area contributed by atoms with Gasteiger partial charge in [-0.25, -0.2) is 0 Å². The standard InChI is InChI=1S/C23H30O2/c1-14-13-22(3)20(8-10-23(22)15(2)9-11-25-23)19-6-4-16-12-17(24)5-7-18(16)21(14)19/h12,18-21H,1-2,4-11,13H2,3H3/t18-,19-,20-,21+,22-,23-/m0/s1. The molecule has 1 heterocycles. The van der Waals surface area contributed by atoms with Crippen molar-refractivity contribution in [1.82, 2.24) is 0 Å². The molecular weight excluding hydrogens is 308 g/mol. The number of fused-ring (bicyclic) bond motifs is 6. The Kier molecular flexibility index (Phi) is 3.33. The summed E-state index contributed by atoms with van der Waals surface area (Å²) in [6, 6.07) is 0. The summed E-state index contributed by atoms with van der Waals surface area (Å²) < 4.78 is 6.44. The fourth-order valence-electron chi connectivity index (χ4n) is 7.67. The monoisotopic (exact) mass is 338 g/mol. The predicted octanol–water partition coefficient (Wildman–Crippen LogP) is 5.01. The van der Waals surface area contributed by atoms with E-state index in [0.717, 1.165) is 57.0 Å². The molecule has 25 heavy (non-hydrogen) atoms. The molecule has 4 aliphatic carbocycles. The highest BCUT2D eigenvalue weighted by molar-refractivity contribution is 5.91. The van der Waals surface area contributed by atoms with Gasteiger partial charge >= 0.3 is 0 Å². The van der Waals surface area contributed by atoms with Gasteiger partial charge in [-0.15, -0.1) is 0 Å². The lowest BCUT2D eigenvalue weighted by atomic mass is 9.49. The molecule has 6 atom stereocenters. The molecule has 5 aliphatic rings. The highest BCUT2D eigenvalue weighted by atomic mass is 16.5. The molecule has 1 spiro atoms.